The Hall–Kier alpha value is -1.32. The van der Waals surface area contributed by atoms with Crippen LogP contribution in [0.1, 0.15) is 19.6 Å². The largest absolute Gasteiger partial charge is 0.460 e. The molecule has 2 aromatic rings. The molecule has 3 heteroatoms. The van der Waals surface area contributed by atoms with Crippen molar-refractivity contribution < 1.29 is 4.42 Å². The molecule has 0 bridgehead atoms. The van der Waals surface area contributed by atoms with Crippen molar-refractivity contribution in [2.45, 2.75) is 20.4 Å². The SMILES string of the molecule is CCN(CC)CCNCc1cc2ccccc2o1. The van der Waals surface area contributed by atoms with Crippen molar-refractivity contribution in [1.82, 2.24) is 10.2 Å². The second kappa shape index (κ2) is 6.57. The lowest BCUT2D eigenvalue weighted by Crippen LogP contribution is -2.31. The fourth-order valence-electron chi connectivity index (χ4n) is 2.11. The van der Waals surface area contributed by atoms with E-state index in [9.17, 15) is 0 Å². The van der Waals surface area contributed by atoms with Gasteiger partial charge in [0.1, 0.15) is 11.3 Å². The first-order chi connectivity index (χ1) is 8.83. The van der Waals surface area contributed by atoms with Crippen LogP contribution in [0.25, 0.3) is 11.0 Å². The molecule has 0 saturated carbocycles. The molecular formula is C15H22N2O. The summed E-state index contributed by atoms with van der Waals surface area (Å²) in [6.07, 6.45) is 0. The molecular weight excluding hydrogens is 224 g/mol. The summed E-state index contributed by atoms with van der Waals surface area (Å²) in [5.74, 6) is 1.01. The van der Waals surface area contributed by atoms with Crippen LogP contribution >= 0.6 is 0 Å². The summed E-state index contributed by atoms with van der Waals surface area (Å²) in [7, 11) is 0. The highest BCUT2D eigenvalue weighted by molar-refractivity contribution is 5.77. The van der Waals surface area contributed by atoms with E-state index < -0.39 is 0 Å². The molecule has 0 radical (unpaired) electrons. The van der Waals surface area contributed by atoms with E-state index in [0.29, 0.717) is 0 Å². The fraction of sp³-hybridized carbons (Fsp3) is 0.467. The number of furan rings is 1. The van der Waals surface area contributed by atoms with Crippen LogP contribution in [0.3, 0.4) is 0 Å². The maximum absolute atomic E-state index is 5.75. The quantitative estimate of drug-likeness (QED) is 0.761. The molecule has 0 amide bonds. The van der Waals surface area contributed by atoms with Crippen molar-refractivity contribution in [2.75, 3.05) is 26.2 Å². The second-order valence-electron chi connectivity index (χ2n) is 4.45. The Bertz CT molecular complexity index is 441. The van der Waals surface area contributed by atoms with E-state index in [0.717, 1.165) is 44.1 Å². The molecule has 18 heavy (non-hydrogen) atoms. The van der Waals surface area contributed by atoms with E-state index in [4.69, 9.17) is 4.42 Å². The number of nitrogens with zero attached hydrogens (tertiary/aromatic N) is 1. The van der Waals surface area contributed by atoms with Gasteiger partial charge >= 0.3 is 0 Å². The summed E-state index contributed by atoms with van der Waals surface area (Å²) in [6.45, 7) is 9.51. The highest BCUT2D eigenvalue weighted by Gasteiger charge is 2.03. The Morgan fingerprint density at radius 3 is 2.67 bits per heavy atom. The normalized spacial score (nSPS) is 11.5. The van der Waals surface area contributed by atoms with Gasteiger partial charge in [-0.25, -0.2) is 0 Å². The van der Waals surface area contributed by atoms with Crippen LogP contribution in [0.2, 0.25) is 0 Å². The Balaban J connectivity index is 1.80. The lowest BCUT2D eigenvalue weighted by atomic mass is 10.2. The van der Waals surface area contributed by atoms with E-state index in [-0.39, 0.29) is 0 Å². The topological polar surface area (TPSA) is 28.4 Å². The van der Waals surface area contributed by atoms with Gasteiger partial charge in [-0.15, -0.1) is 0 Å². The van der Waals surface area contributed by atoms with Crippen molar-refractivity contribution in [1.29, 1.82) is 0 Å². The van der Waals surface area contributed by atoms with Crippen LogP contribution in [0.5, 0.6) is 0 Å². The van der Waals surface area contributed by atoms with Gasteiger partial charge in [0.2, 0.25) is 0 Å². The van der Waals surface area contributed by atoms with E-state index in [2.05, 4.69) is 36.2 Å². The Morgan fingerprint density at radius 1 is 1.17 bits per heavy atom. The molecule has 2 rings (SSSR count). The third kappa shape index (κ3) is 3.34. The number of fused-ring (bicyclic) bond motifs is 1. The van der Waals surface area contributed by atoms with Crippen LogP contribution in [0.4, 0.5) is 0 Å². The first-order valence-corrected chi connectivity index (χ1v) is 6.74. The average Bonchev–Trinajstić information content (AvgIpc) is 2.81. The minimum atomic E-state index is 0.802. The predicted octanol–water partition coefficient (Wildman–Crippen LogP) is 2.86. The average molecular weight is 246 g/mol. The standard InChI is InChI=1S/C15H22N2O/c1-3-17(4-2)10-9-16-12-14-11-13-7-5-6-8-15(13)18-14/h5-8,11,16H,3-4,9-10,12H2,1-2H3. The van der Waals surface area contributed by atoms with Crippen LogP contribution in [0, 0.1) is 0 Å². The van der Waals surface area contributed by atoms with Crippen molar-refractivity contribution >= 4 is 11.0 Å². The zero-order chi connectivity index (χ0) is 12.8. The van der Waals surface area contributed by atoms with Gasteiger partial charge in [-0.3, -0.25) is 0 Å². The monoisotopic (exact) mass is 246 g/mol. The first-order valence-electron chi connectivity index (χ1n) is 6.74. The molecule has 1 aromatic heterocycles. The van der Waals surface area contributed by atoms with Gasteiger partial charge in [-0.2, -0.15) is 0 Å². The summed E-state index contributed by atoms with van der Waals surface area (Å²) >= 11 is 0. The molecule has 98 valence electrons. The highest BCUT2D eigenvalue weighted by Crippen LogP contribution is 2.18. The predicted molar refractivity (Wildman–Crippen MR) is 75.7 cm³/mol. The van der Waals surface area contributed by atoms with E-state index in [1.54, 1.807) is 0 Å². The van der Waals surface area contributed by atoms with Gasteiger partial charge in [0, 0.05) is 18.5 Å². The minimum absolute atomic E-state index is 0.802. The molecule has 0 saturated heterocycles. The maximum atomic E-state index is 5.75. The van der Waals surface area contributed by atoms with Crippen molar-refractivity contribution in [3.63, 3.8) is 0 Å². The third-order valence-corrected chi connectivity index (χ3v) is 3.28. The third-order valence-electron chi connectivity index (χ3n) is 3.28. The van der Waals surface area contributed by atoms with Crippen LogP contribution in [-0.4, -0.2) is 31.1 Å². The van der Waals surface area contributed by atoms with Gasteiger partial charge in [-0.1, -0.05) is 32.0 Å². The van der Waals surface area contributed by atoms with Crippen molar-refractivity contribution in [3.8, 4) is 0 Å². The maximum Gasteiger partial charge on any atom is 0.134 e. The second-order valence-corrected chi connectivity index (χ2v) is 4.45. The molecule has 1 aromatic carbocycles. The van der Waals surface area contributed by atoms with Gasteiger partial charge in [0.15, 0.2) is 0 Å². The fourth-order valence-corrected chi connectivity index (χ4v) is 2.11. The number of benzene rings is 1. The summed E-state index contributed by atoms with van der Waals surface area (Å²) < 4.78 is 5.75. The van der Waals surface area contributed by atoms with E-state index in [1.165, 1.54) is 5.39 Å². The number of para-hydroxylation sites is 1. The van der Waals surface area contributed by atoms with Gasteiger partial charge in [0.25, 0.3) is 0 Å². The van der Waals surface area contributed by atoms with Crippen LogP contribution in [0.15, 0.2) is 34.7 Å². The molecule has 0 spiro atoms. The zero-order valence-electron chi connectivity index (χ0n) is 11.3. The lowest BCUT2D eigenvalue weighted by Gasteiger charge is -2.17. The summed E-state index contributed by atoms with van der Waals surface area (Å²) in [6, 6.07) is 10.2. The molecule has 0 aliphatic carbocycles. The molecule has 1 N–H and O–H groups in total. The highest BCUT2D eigenvalue weighted by atomic mass is 16.3. The smallest absolute Gasteiger partial charge is 0.134 e. The van der Waals surface area contributed by atoms with Gasteiger partial charge < -0.3 is 14.6 Å². The Kier molecular flexibility index (Phi) is 4.79. The first kappa shape index (κ1) is 13.1. The molecule has 0 aliphatic heterocycles. The molecule has 3 nitrogen and oxygen atoms in total. The summed E-state index contributed by atoms with van der Waals surface area (Å²) in [4.78, 5) is 2.41. The number of hydrogen-bond donors (Lipinski definition) is 1. The number of hydrogen-bond acceptors (Lipinski definition) is 3. The van der Waals surface area contributed by atoms with Crippen molar-refractivity contribution in [2.24, 2.45) is 0 Å². The Labute approximate surface area is 109 Å². The molecule has 0 fully saturated rings. The zero-order valence-corrected chi connectivity index (χ0v) is 11.3. The lowest BCUT2D eigenvalue weighted by molar-refractivity contribution is 0.300. The van der Waals surface area contributed by atoms with Crippen LogP contribution in [-0.2, 0) is 6.54 Å². The summed E-state index contributed by atoms with van der Waals surface area (Å²) in [5.41, 5.74) is 0.970. The number of rotatable bonds is 7. The minimum Gasteiger partial charge on any atom is -0.460 e. The van der Waals surface area contributed by atoms with E-state index >= 15 is 0 Å². The van der Waals surface area contributed by atoms with Gasteiger partial charge in [-0.05, 0) is 25.2 Å². The molecule has 0 aliphatic rings. The van der Waals surface area contributed by atoms with E-state index in [1.807, 2.05) is 18.2 Å². The molecule has 0 unspecified atom stereocenters. The van der Waals surface area contributed by atoms with Crippen molar-refractivity contribution in [3.05, 3.63) is 36.1 Å². The molecule has 0 atom stereocenters. The van der Waals surface area contributed by atoms with Gasteiger partial charge in [0.05, 0.1) is 6.54 Å². The van der Waals surface area contributed by atoms with Crippen LogP contribution < -0.4 is 5.32 Å². The summed E-state index contributed by atoms with van der Waals surface area (Å²) in [5, 5.41) is 4.61. The number of nitrogens with one attached hydrogen (secondary N) is 1. The number of likely N-dealkylation sites (N-methyl/N-ethyl adjacent to an activating group) is 1. The Morgan fingerprint density at radius 2 is 1.94 bits per heavy atom. The molecule has 1 heterocycles.